The van der Waals surface area contributed by atoms with Crippen molar-refractivity contribution in [3.8, 4) is 0 Å². The SMILES string of the molecule is OC1(Cc2ccccc2)CCOCC1. The number of aliphatic hydroxyl groups is 1. The van der Waals surface area contributed by atoms with Crippen LogP contribution in [0.1, 0.15) is 18.4 Å². The van der Waals surface area contributed by atoms with Gasteiger partial charge in [0.15, 0.2) is 0 Å². The van der Waals surface area contributed by atoms with Gasteiger partial charge in [-0.1, -0.05) is 30.3 Å². The molecule has 2 heteroatoms. The van der Waals surface area contributed by atoms with Gasteiger partial charge in [-0.2, -0.15) is 0 Å². The molecule has 0 aromatic heterocycles. The zero-order valence-electron chi connectivity index (χ0n) is 8.28. The molecule has 1 aromatic rings. The molecule has 0 saturated carbocycles. The molecule has 1 N–H and O–H groups in total. The third-order valence-electron chi connectivity index (χ3n) is 2.80. The summed E-state index contributed by atoms with van der Waals surface area (Å²) in [4.78, 5) is 0. The highest BCUT2D eigenvalue weighted by Crippen LogP contribution is 2.24. The molecule has 1 fully saturated rings. The minimum absolute atomic E-state index is 0.542. The number of hydrogen-bond acceptors (Lipinski definition) is 2. The highest BCUT2D eigenvalue weighted by molar-refractivity contribution is 5.17. The largest absolute Gasteiger partial charge is 0.389 e. The van der Waals surface area contributed by atoms with Crippen LogP contribution < -0.4 is 0 Å². The minimum Gasteiger partial charge on any atom is -0.389 e. The van der Waals surface area contributed by atoms with Gasteiger partial charge in [0, 0.05) is 19.6 Å². The second kappa shape index (κ2) is 4.11. The lowest BCUT2D eigenvalue weighted by Crippen LogP contribution is -2.38. The van der Waals surface area contributed by atoms with E-state index in [2.05, 4.69) is 12.1 Å². The van der Waals surface area contributed by atoms with Crippen molar-refractivity contribution in [2.75, 3.05) is 13.2 Å². The highest BCUT2D eigenvalue weighted by Gasteiger charge is 2.29. The number of benzene rings is 1. The van der Waals surface area contributed by atoms with Crippen molar-refractivity contribution in [3.05, 3.63) is 35.9 Å². The lowest BCUT2D eigenvalue weighted by Gasteiger charge is -2.32. The Kier molecular flexibility index (Phi) is 2.85. The maximum Gasteiger partial charge on any atom is 0.0731 e. The minimum atomic E-state index is -0.542. The molecule has 14 heavy (non-hydrogen) atoms. The van der Waals surface area contributed by atoms with Crippen molar-refractivity contribution in [2.45, 2.75) is 24.9 Å². The lowest BCUT2D eigenvalue weighted by atomic mass is 9.87. The van der Waals surface area contributed by atoms with E-state index in [4.69, 9.17) is 4.74 Å². The molecule has 0 bridgehead atoms. The van der Waals surface area contributed by atoms with Gasteiger partial charge in [0.25, 0.3) is 0 Å². The molecule has 0 spiro atoms. The predicted molar refractivity (Wildman–Crippen MR) is 55.1 cm³/mol. The van der Waals surface area contributed by atoms with Crippen molar-refractivity contribution in [1.82, 2.24) is 0 Å². The topological polar surface area (TPSA) is 29.5 Å². The number of ether oxygens (including phenoxy) is 1. The first-order chi connectivity index (χ1) is 6.79. The maximum atomic E-state index is 10.2. The van der Waals surface area contributed by atoms with Gasteiger partial charge in [-0.25, -0.2) is 0 Å². The fourth-order valence-corrected chi connectivity index (χ4v) is 1.90. The van der Waals surface area contributed by atoms with Crippen LogP contribution in [-0.4, -0.2) is 23.9 Å². The molecule has 76 valence electrons. The van der Waals surface area contributed by atoms with Gasteiger partial charge < -0.3 is 9.84 Å². The summed E-state index contributed by atoms with van der Waals surface area (Å²) in [6.07, 6.45) is 2.25. The van der Waals surface area contributed by atoms with E-state index in [1.54, 1.807) is 0 Å². The van der Waals surface area contributed by atoms with Crippen LogP contribution in [-0.2, 0) is 11.2 Å². The van der Waals surface area contributed by atoms with Crippen molar-refractivity contribution >= 4 is 0 Å². The van der Waals surface area contributed by atoms with E-state index < -0.39 is 5.60 Å². The second-order valence-corrected chi connectivity index (χ2v) is 4.00. The van der Waals surface area contributed by atoms with E-state index in [0.717, 1.165) is 19.3 Å². The fraction of sp³-hybridized carbons (Fsp3) is 0.500. The molecule has 1 aliphatic rings. The highest BCUT2D eigenvalue weighted by atomic mass is 16.5. The number of rotatable bonds is 2. The van der Waals surface area contributed by atoms with Crippen LogP contribution in [0, 0.1) is 0 Å². The average Bonchev–Trinajstić information content (AvgIpc) is 2.19. The zero-order chi connectivity index (χ0) is 9.86. The predicted octanol–water partition coefficient (Wildman–Crippen LogP) is 1.77. The van der Waals surface area contributed by atoms with Crippen molar-refractivity contribution in [1.29, 1.82) is 0 Å². The van der Waals surface area contributed by atoms with Gasteiger partial charge in [0.1, 0.15) is 0 Å². The van der Waals surface area contributed by atoms with Gasteiger partial charge >= 0.3 is 0 Å². The van der Waals surface area contributed by atoms with Crippen LogP contribution in [0.3, 0.4) is 0 Å². The summed E-state index contributed by atoms with van der Waals surface area (Å²) in [5.74, 6) is 0. The van der Waals surface area contributed by atoms with E-state index in [9.17, 15) is 5.11 Å². The molecule has 0 radical (unpaired) electrons. The smallest absolute Gasteiger partial charge is 0.0731 e. The standard InChI is InChI=1S/C12H16O2/c13-12(6-8-14-9-7-12)10-11-4-2-1-3-5-11/h1-5,13H,6-10H2. The van der Waals surface area contributed by atoms with Crippen molar-refractivity contribution in [2.24, 2.45) is 0 Å². The Hall–Kier alpha value is -0.860. The molecule has 0 unspecified atom stereocenters. The van der Waals surface area contributed by atoms with Crippen LogP contribution in [0.4, 0.5) is 0 Å². The fourth-order valence-electron chi connectivity index (χ4n) is 1.90. The van der Waals surface area contributed by atoms with Gasteiger partial charge in [0.2, 0.25) is 0 Å². The molecule has 0 atom stereocenters. The molecule has 1 saturated heterocycles. The van der Waals surface area contributed by atoms with Crippen LogP contribution in [0.2, 0.25) is 0 Å². The zero-order valence-corrected chi connectivity index (χ0v) is 8.28. The first-order valence-electron chi connectivity index (χ1n) is 5.13. The van der Waals surface area contributed by atoms with E-state index >= 15 is 0 Å². The Morgan fingerprint density at radius 1 is 1.14 bits per heavy atom. The van der Waals surface area contributed by atoms with Gasteiger partial charge in [-0.05, 0) is 18.4 Å². The summed E-state index contributed by atoms with van der Waals surface area (Å²) in [6, 6.07) is 10.1. The van der Waals surface area contributed by atoms with Crippen molar-refractivity contribution in [3.63, 3.8) is 0 Å². The van der Waals surface area contributed by atoms with E-state index in [0.29, 0.717) is 13.2 Å². The van der Waals surface area contributed by atoms with E-state index in [1.807, 2.05) is 18.2 Å². The summed E-state index contributed by atoms with van der Waals surface area (Å²) in [7, 11) is 0. The van der Waals surface area contributed by atoms with E-state index in [-0.39, 0.29) is 0 Å². The van der Waals surface area contributed by atoms with Gasteiger partial charge in [-0.3, -0.25) is 0 Å². The molecular weight excluding hydrogens is 176 g/mol. The monoisotopic (exact) mass is 192 g/mol. The Labute approximate surface area is 84.5 Å². The third-order valence-corrected chi connectivity index (χ3v) is 2.80. The Balaban J connectivity index is 2.02. The summed E-state index contributed by atoms with van der Waals surface area (Å²) in [5, 5.41) is 10.2. The third kappa shape index (κ3) is 2.34. The quantitative estimate of drug-likeness (QED) is 0.773. The van der Waals surface area contributed by atoms with Crippen molar-refractivity contribution < 1.29 is 9.84 Å². The first kappa shape index (κ1) is 9.69. The Bertz CT molecular complexity index is 276. The summed E-state index contributed by atoms with van der Waals surface area (Å²) in [5.41, 5.74) is 0.663. The summed E-state index contributed by atoms with van der Waals surface area (Å²) >= 11 is 0. The molecule has 2 rings (SSSR count). The van der Waals surface area contributed by atoms with Gasteiger partial charge in [0.05, 0.1) is 5.60 Å². The number of hydrogen-bond donors (Lipinski definition) is 1. The molecule has 0 amide bonds. The Morgan fingerprint density at radius 3 is 2.43 bits per heavy atom. The Morgan fingerprint density at radius 2 is 1.79 bits per heavy atom. The van der Waals surface area contributed by atoms with Crippen LogP contribution >= 0.6 is 0 Å². The first-order valence-corrected chi connectivity index (χ1v) is 5.13. The van der Waals surface area contributed by atoms with Crippen LogP contribution in [0.15, 0.2) is 30.3 Å². The molecular formula is C12H16O2. The average molecular weight is 192 g/mol. The molecule has 2 nitrogen and oxygen atoms in total. The molecule has 0 aliphatic carbocycles. The second-order valence-electron chi connectivity index (χ2n) is 4.00. The van der Waals surface area contributed by atoms with Crippen LogP contribution in [0.5, 0.6) is 0 Å². The molecule has 1 aliphatic heterocycles. The molecule has 1 heterocycles. The molecule has 1 aromatic carbocycles. The lowest BCUT2D eigenvalue weighted by molar-refractivity contribution is -0.0625. The maximum absolute atomic E-state index is 10.2. The summed E-state index contributed by atoms with van der Waals surface area (Å²) < 4.78 is 5.24. The summed E-state index contributed by atoms with van der Waals surface area (Å²) in [6.45, 7) is 1.37. The normalized spacial score (nSPS) is 20.6. The van der Waals surface area contributed by atoms with E-state index in [1.165, 1.54) is 5.56 Å². The van der Waals surface area contributed by atoms with Gasteiger partial charge in [-0.15, -0.1) is 0 Å². The van der Waals surface area contributed by atoms with Crippen LogP contribution in [0.25, 0.3) is 0 Å².